The van der Waals surface area contributed by atoms with Gasteiger partial charge in [0, 0.05) is 16.1 Å². The molecule has 8 nitrogen and oxygen atoms in total. The lowest BCUT2D eigenvalue weighted by molar-refractivity contribution is -0.123. The fraction of sp³-hybridized carbons (Fsp3) is 0.200. The van der Waals surface area contributed by atoms with Crippen LogP contribution in [-0.2, 0) is 9.53 Å². The third-order valence-corrected chi connectivity index (χ3v) is 5.14. The van der Waals surface area contributed by atoms with Gasteiger partial charge in [0.1, 0.15) is 17.6 Å². The number of amides is 2. The van der Waals surface area contributed by atoms with Crippen LogP contribution in [0.4, 0.5) is 0 Å². The van der Waals surface area contributed by atoms with Gasteiger partial charge >= 0.3 is 5.97 Å². The Kier molecular flexibility index (Phi) is 8.21. The normalized spacial score (nSPS) is 11.9. The molecule has 3 rings (SSSR count). The minimum Gasteiger partial charge on any atom is -0.465 e. The highest BCUT2D eigenvalue weighted by atomic mass is 35.5. The van der Waals surface area contributed by atoms with Gasteiger partial charge in [0.2, 0.25) is 0 Å². The molecule has 0 radical (unpaired) electrons. The van der Waals surface area contributed by atoms with Gasteiger partial charge in [-0.05, 0) is 48.4 Å². The van der Waals surface area contributed by atoms with Gasteiger partial charge in [0.25, 0.3) is 11.8 Å². The van der Waals surface area contributed by atoms with Crippen LogP contribution >= 0.6 is 11.6 Å². The molecule has 2 amide bonds. The molecule has 0 saturated carbocycles. The average Bonchev–Trinajstić information content (AvgIpc) is 3.30. The molecule has 2 aromatic carbocycles. The molecule has 0 aliphatic rings. The van der Waals surface area contributed by atoms with E-state index in [0.29, 0.717) is 27.7 Å². The number of ether oxygens (including phenoxy) is 1. The molecule has 3 aromatic rings. The number of hydrogen-bond acceptors (Lipinski definition) is 6. The second-order valence-electron chi connectivity index (χ2n) is 7.71. The minimum atomic E-state index is -0.802. The summed E-state index contributed by atoms with van der Waals surface area (Å²) in [5.74, 6) is -0.491. The third-order valence-electron chi connectivity index (χ3n) is 4.91. The minimum absolute atomic E-state index is 0.179. The lowest BCUT2D eigenvalue weighted by Crippen LogP contribution is -2.48. The van der Waals surface area contributed by atoms with E-state index in [9.17, 15) is 14.4 Å². The smallest absolute Gasteiger partial charge is 0.337 e. The monoisotopic (exact) mass is 481 g/mol. The van der Waals surface area contributed by atoms with Crippen molar-refractivity contribution in [2.45, 2.75) is 19.9 Å². The fourth-order valence-corrected chi connectivity index (χ4v) is 3.27. The largest absolute Gasteiger partial charge is 0.465 e. The number of carbonyl (C=O) groups is 3. The highest BCUT2D eigenvalue weighted by Crippen LogP contribution is 2.22. The van der Waals surface area contributed by atoms with Crippen molar-refractivity contribution in [3.8, 4) is 11.3 Å². The SMILES string of the molecule is COC(=O)c1ccc(-c2ccc(C=NNC(=O)C(NC(=O)c3cccc(Cl)c3)C(C)C)o2)cc1. The molecular formula is C25H24ClN3O5. The van der Waals surface area contributed by atoms with E-state index in [0.717, 1.165) is 5.56 Å². The molecule has 176 valence electrons. The first-order valence-electron chi connectivity index (χ1n) is 10.5. The summed E-state index contributed by atoms with van der Waals surface area (Å²) in [5, 5.41) is 7.08. The lowest BCUT2D eigenvalue weighted by atomic mass is 10.0. The molecule has 1 atom stereocenters. The van der Waals surface area contributed by atoms with Crippen LogP contribution in [0.25, 0.3) is 11.3 Å². The Morgan fingerprint density at radius 2 is 1.76 bits per heavy atom. The van der Waals surface area contributed by atoms with E-state index in [2.05, 4.69) is 20.6 Å². The van der Waals surface area contributed by atoms with Crippen molar-refractivity contribution < 1.29 is 23.5 Å². The molecule has 1 aromatic heterocycles. The van der Waals surface area contributed by atoms with Gasteiger partial charge in [-0.3, -0.25) is 9.59 Å². The number of hydrogen-bond donors (Lipinski definition) is 2. The van der Waals surface area contributed by atoms with Gasteiger partial charge in [-0.25, -0.2) is 10.2 Å². The Morgan fingerprint density at radius 1 is 1.03 bits per heavy atom. The number of nitrogens with one attached hydrogen (secondary N) is 2. The summed E-state index contributed by atoms with van der Waals surface area (Å²) in [5.41, 5.74) is 3.99. The van der Waals surface area contributed by atoms with Crippen LogP contribution in [0.2, 0.25) is 5.02 Å². The van der Waals surface area contributed by atoms with Gasteiger partial charge in [-0.1, -0.05) is 43.6 Å². The van der Waals surface area contributed by atoms with Gasteiger partial charge in [-0.2, -0.15) is 5.10 Å². The van der Waals surface area contributed by atoms with Crippen molar-refractivity contribution in [1.82, 2.24) is 10.7 Å². The maximum Gasteiger partial charge on any atom is 0.337 e. The van der Waals surface area contributed by atoms with Crippen LogP contribution in [0.5, 0.6) is 0 Å². The van der Waals surface area contributed by atoms with E-state index in [4.69, 9.17) is 16.0 Å². The molecule has 0 fully saturated rings. The van der Waals surface area contributed by atoms with Crippen molar-refractivity contribution in [2.75, 3.05) is 7.11 Å². The molecule has 1 heterocycles. The molecule has 0 bridgehead atoms. The molecular weight excluding hydrogens is 458 g/mol. The zero-order valence-corrected chi connectivity index (χ0v) is 19.6. The van der Waals surface area contributed by atoms with E-state index in [1.165, 1.54) is 19.4 Å². The predicted molar refractivity (Wildman–Crippen MR) is 129 cm³/mol. The first-order chi connectivity index (χ1) is 16.3. The number of esters is 1. The van der Waals surface area contributed by atoms with Crippen LogP contribution < -0.4 is 10.7 Å². The summed E-state index contributed by atoms with van der Waals surface area (Å²) in [6, 6.07) is 15.9. The van der Waals surface area contributed by atoms with Crippen molar-refractivity contribution in [1.29, 1.82) is 0 Å². The second-order valence-corrected chi connectivity index (χ2v) is 8.15. The van der Waals surface area contributed by atoms with Crippen LogP contribution in [0.1, 0.15) is 40.3 Å². The summed E-state index contributed by atoms with van der Waals surface area (Å²) in [4.78, 5) is 36.7. The molecule has 0 saturated heterocycles. The Bertz CT molecular complexity index is 1200. The summed E-state index contributed by atoms with van der Waals surface area (Å²) in [7, 11) is 1.32. The molecule has 1 unspecified atom stereocenters. The number of rotatable bonds is 8. The van der Waals surface area contributed by atoms with Crippen molar-refractivity contribution in [3.63, 3.8) is 0 Å². The van der Waals surface area contributed by atoms with Gasteiger partial charge in [0.15, 0.2) is 0 Å². The Hall–Kier alpha value is -3.91. The zero-order valence-electron chi connectivity index (χ0n) is 18.9. The van der Waals surface area contributed by atoms with E-state index in [1.807, 2.05) is 13.8 Å². The van der Waals surface area contributed by atoms with Crippen molar-refractivity contribution in [2.24, 2.45) is 11.0 Å². The van der Waals surface area contributed by atoms with E-state index in [-0.39, 0.29) is 5.92 Å². The summed E-state index contributed by atoms with van der Waals surface area (Å²) in [6.07, 6.45) is 1.36. The number of halogens is 1. The fourth-order valence-electron chi connectivity index (χ4n) is 3.08. The van der Waals surface area contributed by atoms with E-state index in [1.54, 1.807) is 54.6 Å². The van der Waals surface area contributed by atoms with Gasteiger partial charge in [0.05, 0.1) is 18.9 Å². The second kappa shape index (κ2) is 11.3. The number of furan rings is 1. The zero-order chi connectivity index (χ0) is 24.7. The van der Waals surface area contributed by atoms with Crippen molar-refractivity contribution in [3.05, 3.63) is 82.6 Å². The maximum absolute atomic E-state index is 12.6. The molecule has 0 spiro atoms. The Morgan fingerprint density at radius 3 is 2.41 bits per heavy atom. The lowest BCUT2D eigenvalue weighted by Gasteiger charge is -2.20. The number of hydrazone groups is 1. The number of carbonyl (C=O) groups excluding carboxylic acids is 3. The molecule has 0 aliphatic heterocycles. The molecule has 34 heavy (non-hydrogen) atoms. The first-order valence-corrected chi connectivity index (χ1v) is 10.8. The van der Waals surface area contributed by atoms with Gasteiger partial charge < -0.3 is 14.5 Å². The molecule has 0 aliphatic carbocycles. The van der Waals surface area contributed by atoms with E-state index < -0.39 is 23.8 Å². The Labute approximate surface area is 201 Å². The number of methoxy groups -OCH3 is 1. The number of benzene rings is 2. The highest BCUT2D eigenvalue weighted by molar-refractivity contribution is 6.31. The third kappa shape index (κ3) is 6.32. The first kappa shape index (κ1) is 24.7. The predicted octanol–water partition coefficient (Wildman–Crippen LogP) is 4.29. The summed E-state index contributed by atoms with van der Waals surface area (Å²) < 4.78 is 10.4. The van der Waals surface area contributed by atoms with Crippen molar-refractivity contribution >= 4 is 35.6 Å². The van der Waals surface area contributed by atoms with Crippen LogP contribution in [0.3, 0.4) is 0 Å². The van der Waals surface area contributed by atoms with Gasteiger partial charge in [-0.15, -0.1) is 0 Å². The quantitative estimate of drug-likeness (QED) is 0.283. The summed E-state index contributed by atoms with van der Waals surface area (Å²) in [6.45, 7) is 3.63. The van der Waals surface area contributed by atoms with Crippen LogP contribution in [-0.4, -0.2) is 37.1 Å². The Balaban J connectivity index is 1.61. The topological polar surface area (TPSA) is 110 Å². The van der Waals surface area contributed by atoms with Crippen LogP contribution in [0.15, 0.2) is 70.2 Å². The number of nitrogens with zero attached hydrogens (tertiary/aromatic N) is 1. The maximum atomic E-state index is 12.6. The highest BCUT2D eigenvalue weighted by Gasteiger charge is 2.24. The molecule has 9 heteroatoms. The standard InChI is InChI=1S/C25H24ClN3O5/c1-15(2)22(28-23(30)18-5-4-6-19(26)13-18)24(31)29-27-14-20-11-12-21(34-20)16-7-9-17(10-8-16)25(32)33-3/h4-15,22H,1-3H3,(H,28,30)(H,29,31). The van der Waals surface area contributed by atoms with E-state index >= 15 is 0 Å². The van der Waals surface area contributed by atoms with Crippen LogP contribution in [0, 0.1) is 5.92 Å². The molecule has 2 N–H and O–H groups in total. The summed E-state index contributed by atoms with van der Waals surface area (Å²) >= 11 is 5.94. The average molecular weight is 482 g/mol.